The number of hydrogen-bond acceptors (Lipinski definition) is 8. The van der Waals surface area contributed by atoms with Gasteiger partial charge in [-0.2, -0.15) is 0 Å². The molecule has 39 heavy (non-hydrogen) atoms. The first-order valence-corrected chi connectivity index (χ1v) is 12.4. The minimum Gasteiger partial charge on any atom is -0.495 e. The number of nitrogens with one attached hydrogen (secondary N) is 1. The number of hydrogen-bond donors (Lipinski definition) is 1. The highest BCUT2D eigenvalue weighted by atomic mass is 35.5. The number of aromatic nitrogens is 1. The summed E-state index contributed by atoms with van der Waals surface area (Å²) in [6, 6.07) is 19.7. The summed E-state index contributed by atoms with van der Waals surface area (Å²) in [5, 5.41) is 3.86. The molecule has 4 aromatic rings. The van der Waals surface area contributed by atoms with Gasteiger partial charge in [-0.05, 0) is 54.1 Å². The fourth-order valence-corrected chi connectivity index (χ4v) is 4.26. The smallest absolute Gasteiger partial charge is 0.203 e. The SMILES string of the molecule is COc1ccc(CNc2cc(OCc3ccccn3)ccc2C(=O)c2cc(OC)c(OC)c(OC)c2)cc1Cl. The second-order valence-electron chi connectivity index (χ2n) is 8.38. The van der Waals surface area contributed by atoms with Crippen molar-refractivity contribution in [3.63, 3.8) is 0 Å². The first-order valence-electron chi connectivity index (χ1n) is 12.0. The van der Waals surface area contributed by atoms with Crippen molar-refractivity contribution in [1.29, 1.82) is 0 Å². The van der Waals surface area contributed by atoms with E-state index in [0.717, 1.165) is 11.3 Å². The summed E-state index contributed by atoms with van der Waals surface area (Å²) in [7, 11) is 6.09. The molecular formula is C30H29ClN2O6. The van der Waals surface area contributed by atoms with Crippen LogP contribution in [0.1, 0.15) is 27.2 Å². The van der Waals surface area contributed by atoms with Gasteiger partial charge in [0.15, 0.2) is 17.3 Å². The first-order chi connectivity index (χ1) is 19.0. The Bertz CT molecular complexity index is 1420. The molecule has 0 fully saturated rings. The van der Waals surface area contributed by atoms with E-state index in [9.17, 15) is 4.79 Å². The predicted molar refractivity (Wildman–Crippen MR) is 150 cm³/mol. The third-order valence-corrected chi connectivity index (χ3v) is 6.27. The molecule has 4 rings (SSSR count). The molecule has 1 heterocycles. The zero-order valence-electron chi connectivity index (χ0n) is 22.1. The summed E-state index contributed by atoms with van der Waals surface area (Å²) < 4.78 is 27.5. The Balaban J connectivity index is 1.67. The van der Waals surface area contributed by atoms with Gasteiger partial charge in [-0.15, -0.1) is 0 Å². The summed E-state index contributed by atoms with van der Waals surface area (Å²) in [6.07, 6.45) is 1.71. The van der Waals surface area contributed by atoms with Crippen LogP contribution in [0, 0.1) is 0 Å². The average Bonchev–Trinajstić information content (AvgIpc) is 2.98. The Morgan fingerprint density at radius 3 is 2.21 bits per heavy atom. The first kappa shape index (κ1) is 27.6. The number of carbonyl (C=O) groups is 1. The molecule has 9 heteroatoms. The lowest BCUT2D eigenvalue weighted by Gasteiger charge is -2.17. The van der Waals surface area contributed by atoms with Crippen LogP contribution in [-0.4, -0.2) is 39.2 Å². The van der Waals surface area contributed by atoms with Gasteiger partial charge in [-0.3, -0.25) is 9.78 Å². The van der Waals surface area contributed by atoms with Crippen LogP contribution in [0.2, 0.25) is 5.02 Å². The summed E-state index contributed by atoms with van der Waals surface area (Å²) in [6.45, 7) is 0.692. The fourth-order valence-electron chi connectivity index (χ4n) is 3.98. The standard InChI is InChI=1S/C30H29ClN2O6/c1-35-26-11-8-19(13-24(26)31)17-33-25-16-22(39-18-21-7-5-6-12-32-21)9-10-23(25)29(34)20-14-27(36-2)30(38-4)28(15-20)37-3/h5-16,33H,17-18H2,1-4H3. The van der Waals surface area contributed by atoms with Gasteiger partial charge in [0.2, 0.25) is 5.75 Å². The van der Waals surface area contributed by atoms with Gasteiger partial charge in [0, 0.05) is 35.6 Å². The molecule has 0 bridgehead atoms. The molecule has 0 saturated carbocycles. The van der Waals surface area contributed by atoms with E-state index in [1.165, 1.54) is 21.3 Å². The van der Waals surface area contributed by atoms with E-state index in [1.54, 1.807) is 49.7 Å². The van der Waals surface area contributed by atoms with Gasteiger partial charge in [-0.25, -0.2) is 0 Å². The van der Waals surface area contributed by atoms with Crippen molar-refractivity contribution in [2.24, 2.45) is 0 Å². The van der Waals surface area contributed by atoms with Crippen LogP contribution in [-0.2, 0) is 13.2 Å². The predicted octanol–water partition coefficient (Wildman–Crippen LogP) is 6.19. The van der Waals surface area contributed by atoms with Crippen LogP contribution in [0.15, 0.2) is 72.9 Å². The maximum Gasteiger partial charge on any atom is 0.203 e. The lowest BCUT2D eigenvalue weighted by Crippen LogP contribution is -2.10. The Morgan fingerprint density at radius 2 is 1.59 bits per heavy atom. The van der Waals surface area contributed by atoms with Crippen molar-refractivity contribution in [3.8, 4) is 28.7 Å². The molecule has 3 aromatic carbocycles. The molecule has 8 nitrogen and oxygen atoms in total. The van der Waals surface area contributed by atoms with Gasteiger partial charge < -0.3 is 29.0 Å². The second-order valence-corrected chi connectivity index (χ2v) is 8.79. The van der Waals surface area contributed by atoms with Crippen LogP contribution >= 0.6 is 11.6 Å². The van der Waals surface area contributed by atoms with Crippen LogP contribution in [0.4, 0.5) is 5.69 Å². The number of benzene rings is 3. The highest BCUT2D eigenvalue weighted by molar-refractivity contribution is 6.32. The van der Waals surface area contributed by atoms with Crippen LogP contribution in [0.5, 0.6) is 28.7 Å². The molecular weight excluding hydrogens is 520 g/mol. The minimum absolute atomic E-state index is 0.235. The van der Waals surface area contributed by atoms with Crippen molar-refractivity contribution in [1.82, 2.24) is 4.98 Å². The zero-order valence-corrected chi connectivity index (χ0v) is 22.9. The van der Waals surface area contributed by atoms with Gasteiger partial charge in [0.25, 0.3) is 0 Å². The van der Waals surface area contributed by atoms with Gasteiger partial charge in [-0.1, -0.05) is 23.7 Å². The number of pyridine rings is 1. The number of carbonyl (C=O) groups excluding carboxylic acids is 1. The minimum atomic E-state index is -0.235. The average molecular weight is 549 g/mol. The van der Waals surface area contributed by atoms with E-state index in [2.05, 4.69) is 10.3 Å². The number of ether oxygens (including phenoxy) is 5. The number of anilines is 1. The largest absolute Gasteiger partial charge is 0.495 e. The maximum atomic E-state index is 13.8. The molecule has 0 saturated heterocycles. The van der Waals surface area contributed by atoms with Crippen molar-refractivity contribution >= 4 is 23.1 Å². The quantitative estimate of drug-likeness (QED) is 0.210. The second kappa shape index (κ2) is 12.9. The third-order valence-electron chi connectivity index (χ3n) is 5.97. The van der Waals surface area contributed by atoms with Crippen molar-refractivity contribution < 1.29 is 28.5 Å². The van der Waals surface area contributed by atoms with Crippen LogP contribution in [0.3, 0.4) is 0 Å². The van der Waals surface area contributed by atoms with Crippen molar-refractivity contribution in [2.45, 2.75) is 13.2 Å². The van der Waals surface area contributed by atoms with Crippen molar-refractivity contribution in [3.05, 3.63) is 100 Å². The molecule has 0 radical (unpaired) electrons. The Morgan fingerprint density at radius 1 is 0.846 bits per heavy atom. The molecule has 1 N–H and O–H groups in total. The number of ketones is 1. The Labute approximate surface area is 232 Å². The molecule has 0 aliphatic carbocycles. The van der Waals surface area contributed by atoms with E-state index >= 15 is 0 Å². The van der Waals surface area contributed by atoms with E-state index in [-0.39, 0.29) is 12.4 Å². The van der Waals surface area contributed by atoms with E-state index in [0.29, 0.717) is 57.1 Å². The number of rotatable bonds is 12. The Hall–Kier alpha value is -4.43. The maximum absolute atomic E-state index is 13.8. The van der Waals surface area contributed by atoms with Gasteiger partial charge in [0.05, 0.1) is 39.2 Å². The highest BCUT2D eigenvalue weighted by Gasteiger charge is 2.21. The number of nitrogens with zero attached hydrogens (tertiary/aromatic N) is 1. The lowest BCUT2D eigenvalue weighted by atomic mass is 10.00. The molecule has 0 spiro atoms. The van der Waals surface area contributed by atoms with E-state index in [1.807, 2.05) is 30.3 Å². The topological polar surface area (TPSA) is 88.1 Å². The Kier molecular flexibility index (Phi) is 9.12. The van der Waals surface area contributed by atoms with Gasteiger partial charge in [0.1, 0.15) is 18.1 Å². The number of methoxy groups -OCH3 is 4. The lowest BCUT2D eigenvalue weighted by molar-refractivity contribution is 0.103. The normalized spacial score (nSPS) is 10.5. The fraction of sp³-hybridized carbons (Fsp3) is 0.200. The summed E-state index contributed by atoms with van der Waals surface area (Å²) in [5.74, 6) is 2.11. The summed E-state index contributed by atoms with van der Waals surface area (Å²) in [5.41, 5.74) is 3.10. The summed E-state index contributed by atoms with van der Waals surface area (Å²) in [4.78, 5) is 18.1. The molecule has 1 aromatic heterocycles. The highest BCUT2D eigenvalue weighted by Crippen LogP contribution is 2.39. The van der Waals surface area contributed by atoms with E-state index in [4.69, 9.17) is 35.3 Å². The summed E-state index contributed by atoms with van der Waals surface area (Å²) >= 11 is 6.31. The molecule has 0 atom stereocenters. The molecule has 202 valence electrons. The monoisotopic (exact) mass is 548 g/mol. The molecule has 0 aliphatic rings. The van der Waals surface area contributed by atoms with Gasteiger partial charge >= 0.3 is 0 Å². The van der Waals surface area contributed by atoms with E-state index < -0.39 is 0 Å². The molecule has 0 aliphatic heterocycles. The molecule has 0 unspecified atom stereocenters. The zero-order chi connectivity index (χ0) is 27.8. The molecule has 0 amide bonds. The van der Waals surface area contributed by atoms with Crippen molar-refractivity contribution in [2.75, 3.05) is 33.8 Å². The third kappa shape index (κ3) is 6.53. The van der Waals surface area contributed by atoms with Crippen LogP contribution < -0.4 is 29.0 Å². The van der Waals surface area contributed by atoms with Crippen LogP contribution in [0.25, 0.3) is 0 Å². The number of halogens is 1.